The van der Waals surface area contributed by atoms with Crippen molar-refractivity contribution < 1.29 is 9.59 Å². The SMILES string of the molecule is CC[C@H](C)NC(=O)[C@@H](C)N(Cc1ccc(Br)cc1)C(=O)CCc1ccc(C)cc1. The number of rotatable bonds is 9. The van der Waals surface area contributed by atoms with E-state index in [-0.39, 0.29) is 17.9 Å². The van der Waals surface area contributed by atoms with Gasteiger partial charge in [0, 0.05) is 23.5 Å². The van der Waals surface area contributed by atoms with Crippen molar-refractivity contribution in [2.24, 2.45) is 0 Å². The number of benzene rings is 2. The van der Waals surface area contributed by atoms with E-state index in [1.807, 2.05) is 45.0 Å². The molecule has 0 radical (unpaired) electrons. The van der Waals surface area contributed by atoms with E-state index < -0.39 is 6.04 Å². The zero-order valence-electron chi connectivity index (χ0n) is 17.7. The van der Waals surface area contributed by atoms with Crippen LogP contribution in [-0.2, 0) is 22.6 Å². The zero-order chi connectivity index (χ0) is 21.4. The van der Waals surface area contributed by atoms with E-state index in [2.05, 4.69) is 45.5 Å². The fourth-order valence-electron chi connectivity index (χ4n) is 2.98. The highest BCUT2D eigenvalue weighted by Crippen LogP contribution is 2.16. The van der Waals surface area contributed by atoms with Crippen LogP contribution in [0.5, 0.6) is 0 Å². The Balaban J connectivity index is 2.13. The summed E-state index contributed by atoms with van der Waals surface area (Å²) in [6.07, 6.45) is 1.89. The number of aryl methyl sites for hydroxylation is 2. The maximum Gasteiger partial charge on any atom is 0.242 e. The number of carbonyl (C=O) groups excluding carboxylic acids is 2. The molecule has 0 aromatic heterocycles. The molecule has 0 saturated carbocycles. The molecule has 0 saturated heterocycles. The molecule has 2 atom stereocenters. The molecular formula is C24H31BrN2O2. The topological polar surface area (TPSA) is 49.4 Å². The average Bonchev–Trinajstić information content (AvgIpc) is 2.72. The van der Waals surface area contributed by atoms with E-state index in [1.54, 1.807) is 11.8 Å². The van der Waals surface area contributed by atoms with Gasteiger partial charge in [-0.25, -0.2) is 0 Å². The molecule has 2 amide bonds. The van der Waals surface area contributed by atoms with Gasteiger partial charge in [0.2, 0.25) is 11.8 Å². The first kappa shape index (κ1) is 23.1. The minimum absolute atomic E-state index is 0.0136. The molecule has 0 aliphatic rings. The minimum Gasteiger partial charge on any atom is -0.352 e. The lowest BCUT2D eigenvalue weighted by Gasteiger charge is -2.30. The van der Waals surface area contributed by atoms with Crippen molar-refractivity contribution in [2.75, 3.05) is 0 Å². The molecule has 0 aliphatic carbocycles. The molecule has 4 nitrogen and oxygen atoms in total. The molecule has 1 N–H and O–H groups in total. The summed E-state index contributed by atoms with van der Waals surface area (Å²) in [6.45, 7) is 8.27. The summed E-state index contributed by atoms with van der Waals surface area (Å²) in [7, 11) is 0. The van der Waals surface area contributed by atoms with Crippen LogP contribution in [0.2, 0.25) is 0 Å². The molecule has 2 aromatic carbocycles. The zero-order valence-corrected chi connectivity index (χ0v) is 19.3. The Hall–Kier alpha value is -2.14. The fourth-order valence-corrected chi connectivity index (χ4v) is 3.25. The second-order valence-electron chi connectivity index (χ2n) is 7.63. The predicted molar refractivity (Wildman–Crippen MR) is 122 cm³/mol. The van der Waals surface area contributed by atoms with Crippen molar-refractivity contribution in [3.8, 4) is 0 Å². The Morgan fingerprint density at radius 2 is 1.59 bits per heavy atom. The van der Waals surface area contributed by atoms with Gasteiger partial charge in [0.1, 0.15) is 6.04 Å². The average molecular weight is 459 g/mol. The molecule has 0 aliphatic heterocycles. The van der Waals surface area contributed by atoms with Crippen LogP contribution in [0.3, 0.4) is 0 Å². The maximum atomic E-state index is 13.1. The third kappa shape index (κ3) is 7.32. The lowest BCUT2D eigenvalue weighted by molar-refractivity contribution is -0.140. The van der Waals surface area contributed by atoms with Crippen molar-refractivity contribution >= 4 is 27.7 Å². The van der Waals surface area contributed by atoms with Crippen LogP contribution in [0.15, 0.2) is 53.0 Å². The third-order valence-electron chi connectivity index (χ3n) is 5.18. The molecule has 0 unspecified atom stereocenters. The van der Waals surface area contributed by atoms with Crippen LogP contribution in [0.4, 0.5) is 0 Å². The lowest BCUT2D eigenvalue weighted by Crippen LogP contribution is -2.49. The largest absolute Gasteiger partial charge is 0.352 e. The molecular weight excluding hydrogens is 428 g/mol. The molecule has 5 heteroatoms. The first-order valence-corrected chi connectivity index (χ1v) is 11.0. The van der Waals surface area contributed by atoms with Gasteiger partial charge in [-0.15, -0.1) is 0 Å². The minimum atomic E-state index is -0.529. The Bertz CT molecular complexity index is 803. The normalized spacial score (nSPS) is 12.9. The van der Waals surface area contributed by atoms with Crippen LogP contribution in [0.25, 0.3) is 0 Å². The van der Waals surface area contributed by atoms with Gasteiger partial charge < -0.3 is 10.2 Å². The van der Waals surface area contributed by atoms with E-state index in [9.17, 15) is 9.59 Å². The molecule has 0 heterocycles. The summed E-state index contributed by atoms with van der Waals surface area (Å²) in [6, 6.07) is 15.6. The van der Waals surface area contributed by atoms with Gasteiger partial charge in [-0.3, -0.25) is 9.59 Å². The smallest absolute Gasteiger partial charge is 0.242 e. The summed E-state index contributed by atoms with van der Waals surface area (Å²) >= 11 is 3.44. The highest BCUT2D eigenvalue weighted by atomic mass is 79.9. The van der Waals surface area contributed by atoms with Crippen LogP contribution in [0, 0.1) is 6.92 Å². The number of hydrogen-bond acceptors (Lipinski definition) is 2. The summed E-state index contributed by atoms with van der Waals surface area (Å²) in [4.78, 5) is 27.5. The molecule has 2 aromatic rings. The van der Waals surface area contributed by atoms with Crippen molar-refractivity contribution in [2.45, 2.75) is 65.6 Å². The first-order chi connectivity index (χ1) is 13.8. The Labute approximate surface area is 182 Å². The van der Waals surface area contributed by atoms with Crippen molar-refractivity contribution in [3.05, 3.63) is 69.7 Å². The Kier molecular flexibility index (Phi) is 8.90. The van der Waals surface area contributed by atoms with E-state index in [1.165, 1.54) is 5.56 Å². The molecule has 29 heavy (non-hydrogen) atoms. The number of nitrogens with one attached hydrogen (secondary N) is 1. The molecule has 0 bridgehead atoms. The number of carbonyl (C=O) groups is 2. The van der Waals surface area contributed by atoms with Gasteiger partial charge in [0.15, 0.2) is 0 Å². The number of nitrogens with zero attached hydrogens (tertiary/aromatic N) is 1. The molecule has 0 fully saturated rings. The number of halogens is 1. The molecule has 156 valence electrons. The summed E-state index contributed by atoms with van der Waals surface area (Å²) < 4.78 is 0.987. The second-order valence-corrected chi connectivity index (χ2v) is 8.54. The third-order valence-corrected chi connectivity index (χ3v) is 5.71. The van der Waals surface area contributed by atoms with Crippen molar-refractivity contribution in [1.29, 1.82) is 0 Å². The van der Waals surface area contributed by atoms with E-state index >= 15 is 0 Å². The molecule has 2 rings (SSSR count). The lowest BCUT2D eigenvalue weighted by atomic mass is 10.1. The number of hydrogen-bond donors (Lipinski definition) is 1. The first-order valence-electron chi connectivity index (χ1n) is 10.2. The highest BCUT2D eigenvalue weighted by molar-refractivity contribution is 9.10. The van der Waals surface area contributed by atoms with Crippen molar-refractivity contribution in [3.63, 3.8) is 0 Å². The van der Waals surface area contributed by atoms with Gasteiger partial charge in [0.25, 0.3) is 0 Å². The quantitative estimate of drug-likeness (QED) is 0.573. The summed E-state index contributed by atoms with van der Waals surface area (Å²) in [5.74, 6) is -0.125. The molecule has 0 spiro atoms. The van der Waals surface area contributed by atoms with E-state index in [4.69, 9.17) is 0 Å². The van der Waals surface area contributed by atoms with Crippen molar-refractivity contribution in [1.82, 2.24) is 10.2 Å². The summed E-state index contributed by atoms with van der Waals surface area (Å²) in [5.41, 5.74) is 3.33. The monoisotopic (exact) mass is 458 g/mol. The van der Waals surface area contributed by atoms with Gasteiger partial charge >= 0.3 is 0 Å². The highest BCUT2D eigenvalue weighted by Gasteiger charge is 2.26. The Morgan fingerprint density at radius 1 is 1.00 bits per heavy atom. The standard InChI is InChI=1S/C24H31BrN2O2/c1-5-18(3)26-24(29)19(4)27(16-21-10-13-22(25)14-11-21)23(28)15-12-20-8-6-17(2)7-9-20/h6-11,13-14,18-19H,5,12,15-16H2,1-4H3,(H,26,29)/t18-,19+/m0/s1. The van der Waals surface area contributed by atoms with Gasteiger partial charge in [0.05, 0.1) is 0 Å². The second kappa shape index (κ2) is 11.1. The predicted octanol–water partition coefficient (Wildman–Crippen LogP) is 5.02. The van der Waals surface area contributed by atoms with Crippen LogP contribution in [-0.4, -0.2) is 28.8 Å². The van der Waals surface area contributed by atoms with Gasteiger partial charge in [-0.1, -0.05) is 64.8 Å². The van der Waals surface area contributed by atoms with Gasteiger partial charge in [-0.2, -0.15) is 0 Å². The van der Waals surface area contributed by atoms with E-state index in [0.29, 0.717) is 19.4 Å². The van der Waals surface area contributed by atoms with Crippen LogP contribution >= 0.6 is 15.9 Å². The van der Waals surface area contributed by atoms with Crippen LogP contribution in [0.1, 0.15) is 50.3 Å². The number of amides is 2. The maximum absolute atomic E-state index is 13.1. The summed E-state index contributed by atoms with van der Waals surface area (Å²) in [5, 5.41) is 3.00. The Morgan fingerprint density at radius 3 is 2.17 bits per heavy atom. The van der Waals surface area contributed by atoms with Crippen LogP contribution < -0.4 is 5.32 Å². The fraction of sp³-hybridized carbons (Fsp3) is 0.417. The van der Waals surface area contributed by atoms with Gasteiger partial charge in [-0.05, 0) is 56.9 Å². The van der Waals surface area contributed by atoms with E-state index in [0.717, 1.165) is 22.0 Å².